The molecule has 1 saturated carbocycles. The predicted octanol–water partition coefficient (Wildman–Crippen LogP) is 3.46. The monoisotopic (exact) mass is 281 g/mol. The van der Waals surface area contributed by atoms with Crippen molar-refractivity contribution in [3.63, 3.8) is 0 Å². The molecule has 108 valence electrons. The van der Waals surface area contributed by atoms with Crippen LogP contribution in [0, 0.1) is 5.41 Å². The van der Waals surface area contributed by atoms with E-state index in [0.717, 1.165) is 6.54 Å². The molecule has 1 aromatic rings. The molecule has 1 aliphatic rings. The molecule has 0 saturated heterocycles. The summed E-state index contributed by atoms with van der Waals surface area (Å²) in [5.41, 5.74) is 0.396. The van der Waals surface area contributed by atoms with Gasteiger partial charge in [0.2, 0.25) is 0 Å². The molecule has 19 heavy (non-hydrogen) atoms. The number of hydrogen-bond donors (Lipinski definition) is 1. The Morgan fingerprint density at radius 2 is 2.32 bits per heavy atom. The highest BCUT2D eigenvalue weighted by atomic mass is 32.2. The number of aryl methyl sites for hydroxylation is 1. The lowest BCUT2D eigenvalue weighted by molar-refractivity contribution is 0.175. The van der Waals surface area contributed by atoms with Crippen molar-refractivity contribution in [1.82, 2.24) is 15.1 Å². The smallest absolute Gasteiger partial charge is 0.0625 e. The molecular formula is C15H27N3S. The van der Waals surface area contributed by atoms with E-state index in [-0.39, 0.29) is 0 Å². The Balaban J connectivity index is 2.06. The van der Waals surface area contributed by atoms with Crippen LogP contribution < -0.4 is 5.32 Å². The highest BCUT2D eigenvalue weighted by Gasteiger charge is 2.38. The maximum absolute atomic E-state index is 4.28. The molecule has 1 aromatic heterocycles. The van der Waals surface area contributed by atoms with Gasteiger partial charge in [0.1, 0.15) is 0 Å². The van der Waals surface area contributed by atoms with Gasteiger partial charge in [-0.2, -0.15) is 5.10 Å². The third kappa shape index (κ3) is 3.76. The molecule has 0 aromatic carbocycles. The summed E-state index contributed by atoms with van der Waals surface area (Å²) < 4.78 is 1.89. The summed E-state index contributed by atoms with van der Waals surface area (Å²) in [6, 6.07) is 0.603. The van der Waals surface area contributed by atoms with Gasteiger partial charge in [-0.15, -0.1) is 11.8 Å². The van der Waals surface area contributed by atoms with Gasteiger partial charge in [-0.05, 0) is 31.2 Å². The van der Waals surface area contributed by atoms with Crippen LogP contribution in [0.1, 0.15) is 46.5 Å². The number of hydrogen-bond acceptors (Lipinski definition) is 3. The Labute approximate surface area is 121 Å². The fraction of sp³-hybridized carbons (Fsp3) is 0.800. The molecular weight excluding hydrogens is 254 g/mol. The Morgan fingerprint density at radius 1 is 1.53 bits per heavy atom. The third-order valence-corrected chi connectivity index (χ3v) is 5.40. The summed E-state index contributed by atoms with van der Waals surface area (Å²) in [4.78, 5) is 1.30. The van der Waals surface area contributed by atoms with Crippen LogP contribution in [0.15, 0.2) is 17.3 Å². The van der Waals surface area contributed by atoms with Gasteiger partial charge in [0.25, 0.3) is 0 Å². The molecule has 0 bridgehead atoms. The Hall–Kier alpha value is -0.480. The van der Waals surface area contributed by atoms with Crippen LogP contribution >= 0.6 is 11.8 Å². The van der Waals surface area contributed by atoms with E-state index >= 15 is 0 Å². The van der Waals surface area contributed by atoms with Crippen molar-refractivity contribution in [3.05, 3.63) is 12.4 Å². The highest BCUT2D eigenvalue weighted by Crippen LogP contribution is 2.42. The predicted molar refractivity (Wildman–Crippen MR) is 82.6 cm³/mol. The molecule has 0 amide bonds. The summed E-state index contributed by atoms with van der Waals surface area (Å²) >= 11 is 2.00. The van der Waals surface area contributed by atoms with E-state index in [9.17, 15) is 0 Å². The maximum Gasteiger partial charge on any atom is 0.0625 e. The van der Waals surface area contributed by atoms with Gasteiger partial charge in [0.05, 0.1) is 6.20 Å². The van der Waals surface area contributed by atoms with E-state index in [4.69, 9.17) is 0 Å². The molecule has 2 atom stereocenters. The maximum atomic E-state index is 4.28. The highest BCUT2D eigenvalue weighted by molar-refractivity contribution is 8.00. The standard InChI is InChI=1S/C15H27N3S/c1-5-9-16-14-13(7-6-8-15(14,2)3)19-12-10-17-18(4)11-12/h10-11,13-14,16H,5-9H2,1-4H3. The number of aromatic nitrogens is 2. The van der Waals surface area contributed by atoms with Gasteiger partial charge in [-0.3, -0.25) is 4.68 Å². The van der Waals surface area contributed by atoms with Crippen molar-refractivity contribution in [2.24, 2.45) is 12.5 Å². The molecule has 2 unspecified atom stereocenters. The van der Waals surface area contributed by atoms with Gasteiger partial charge >= 0.3 is 0 Å². The van der Waals surface area contributed by atoms with Crippen LogP contribution in [0.4, 0.5) is 0 Å². The zero-order valence-electron chi connectivity index (χ0n) is 12.6. The molecule has 1 aliphatic carbocycles. The van der Waals surface area contributed by atoms with E-state index < -0.39 is 0 Å². The number of rotatable bonds is 5. The summed E-state index contributed by atoms with van der Waals surface area (Å²) in [5.74, 6) is 0. The average Bonchev–Trinajstić information content (AvgIpc) is 2.73. The molecule has 0 spiro atoms. The van der Waals surface area contributed by atoms with Gasteiger partial charge in [-0.25, -0.2) is 0 Å². The minimum atomic E-state index is 0.396. The quantitative estimate of drug-likeness (QED) is 0.896. The molecule has 0 radical (unpaired) electrons. The van der Waals surface area contributed by atoms with Gasteiger partial charge in [0, 0.05) is 29.4 Å². The van der Waals surface area contributed by atoms with Gasteiger partial charge < -0.3 is 5.32 Å². The van der Waals surface area contributed by atoms with Crippen LogP contribution in [-0.4, -0.2) is 27.6 Å². The van der Waals surface area contributed by atoms with Crippen molar-refractivity contribution < 1.29 is 0 Å². The lowest BCUT2D eigenvalue weighted by atomic mass is 9.73. The fourth-order valence-electron chi connectivity index (χ4n) is 3.05. The van der Waals surface area contributed by atoms with E-state index in [1.54, 1.807) is 0 Å². The summed E-state index contributed by atoms with van der Waals surface area (Å²) in [5, 5.41) is 8.74. The van der Waals surface area contributed by atoms with Crippen molar-refractivity contribution in [2.45, 2.75) is 62.6 Å². The molecule has 3 nitrogen and oxygen atoms in total. The Morgan fingerprint density at radius 3 is 2.95 bits per heavy atom. The van der Waals surface area contributed by atoms with Crippen LogP contribution in [0.2, 0.25) is 0 Å². The van der Waals surface area contributed by atoms with Crippen LogP contribution in [0.25, 0.3) is 0 Å². The van der Waals surface area contributed by atoms with E-state index in [1.807, 2.05) is 29.7 Å². The first-order valence-electron chi connectivity index (χ1n) is 7.41. The first-order chi connectivity index (χ1) is 9.03. The van der Waals surface area contributed by atoms with Crippen LogP contribution in [-0.2, 0) is 7.05 Å². The Kier molecular flexibility index (Phi) is 4.96. The van der Waals surface area contributed by atoms with Gasteiger partial charge in [0.15, 0.2) is 0 Å². The second kappa shape index (κ2) is 6.31. The van der Waals surface area contributed by atoms with E-state index in [2.05, 4.69) is 37.4 Å². The lowest BCUT2D eigenvalue weighted by Crippen LogP contribution is -2.51. The number of nitrogens with one attached hydrogen (secondary N) is 1. The summed E-state index contributed by atoms with van der Waals surface area (Å²) in [7, 11) is 1.99. The Bertz CT molecular complexity index is 400. The minimum Gasteiger partial charge on any atom is -0.312 e. The van der Waals surface area contributed by atoms with E-state index in [0.29, 0.717) is 16.7 Å². The first kappa shape index (κ1) is 14.9. The van der Waals surface area contributed by atoms with Gasteiger partial charge in [-0.1, -0.05) is 27.2 Å². The van der Waals surface area contributed by atoms with Crippen molar-refractivity contribution in [2.75, 3.05) is 6.54 Å². The summed E-state index contributed by atoms with van der Waals surface area (Å²) in [6.45, 7) is 8.19. The largest absolute Gasteiger partial charge is 0.312 e. The fourth-order valence-corrected chi connectivity index (χ4v) is 4.61. The topological polar surface area (TPSA) is 29.9 Å². The zero-order chi connectivity index (χ0) is 13.9. The number of nitrogens with zero attached hydrogens (tertiary/aromatic N) is 2. The molecule has 1 fully saturated rings. The van der Waals surface area contributed by atoms with Crippen molar-refractivity contribution >= 4 is 11.8 Å². The third-order valence-electron chi connectivity index (χ3n) is 4.11. The van der Waals surface area contributed by atoms with E-state index in [1.165, 1.54) is 30.6 Å². The van der Waals surface area contributed by atoms with Crippen molar-refractivity contribution in [1.29, 1.82) is 0 Å². The normalized spacial score (nSPS) is 26.5. The minimum absolute atomic E-state index is 0.396. The molecule has 0 aliphatic heterocycles. The summed E-state index contributed by atoms with van der Waals surface area (Å²) in [6.07, 6.45) is 9.31. The lowest BCUT2D eigenvalue weighted by Gasteiger charge is -2.44. The molecule has 4 heteroatoms. The molecule has 2 rings (SSSR count). The molecule has 1 N–H and O–H groups in total. The zero-order valence-corrected chi connectivity index (χ0v) is 13.5. The second-order valence-corrected chi connectivity index (χ2v) is 7.63. The first-order valence-corrected chi connectivity index (χ1v) is 8.29. The van der Waals surface area contributed by atoms with Crippen LogP contribution in [0.5, 0.6) is 0 Å². The van der Waals surface area contributed by atoms with Crippen LogP contribution in [0.3, 0.4) is 0 Å². The second-order valence-electron chi connectivity index (χ2n) is 6.32. The number of thioether (sulfide) groups is 1. The SMILES string of the molecule is CCCNC1C(Sc2cnn(C)c2)CCCC1(C)C. The molecule has 1 heterocycles. The van der Waals surface area contributed by atoms with Crippen molar-refractivity contribution in [3.8, 4) is 0 Å². The average molecular weight is 281 g/mol.